The van der Waals surface area contributed by atoms with Crippen LogP contribution in [0.25, 0.3) is 10.9 Å². The molecule has 0 aliphatic heterocycles. The van der Waals surface area contributed by atoms with Gasteiger partial charge < -0.3 is 15.0 Å². The van der Waals surface area contributed by atoms with Gasteiger partial charge >= 0.3 is 0 Å². The van der Waals surface area contributed by atoms with Crippen molar-refractivity contribution in [1.29, 1.82) is 0 Å². The zero-order valence-electron chi connectivity index (χ0n) is 13.8. The lowest BCUT2D eigenvalue weighted by atomic mass is 10.1. The molecule has 1 aromatic heterocycles. The maximum Gasteiger partial charge on any atom is 0.227 e. The summed E-state index contributed by atoms with van der Waals surface area (Å²) in [5.41, 5.74) is 4.29. The molecule has 0 bridgehead atoms. The van der Waals surface area contributed by atoms with E-state index in [4.69, 9.17) is 0 Å². The Balaban J connectivity index is 1.77. The van der Waals surface area contributed by atoms with E-state index in [2.05, 4.69) is 23.2 Å². The summed E-state index contributed by atoms with van der Waals surface area (Å²) in [5.74, 6) is 0.0226. The fourth-order valence-electron chi connectivity index (χ4n) is 2.94. The maximum absolute atomic E-state index is 12.7. The van der Waals surface area contributed by atoms with Gasteiger partial charge in [0.05, 0.1) is 13.0 Å². The third kappa shape index (κ3) is 3.66. The van der Waals surface area contributed by atoms with Crippen LogP contribution < -0.4 is 0 Å². The highest BCUT2D eigenvalue weighted by atomic mass is 16.3. The molecule has 2 N–H and O–H groups in total. The van der Waals surface area contributed by atoms with Gasteiger partial charge in [-0.1, -0.05) is 42.5 Å². The van der Waals surface area contributed by atoms with Gasteiger partial charge in [-0.25, -0.2) is 0 Å². The van der Waals surface area contributed by atoms with E-state index in [1.807, 2.05) is 43.5 Å². The van der Waals surface area contributed by atoms with Crippen molar-refractivity contribution in [1.82, 2.24) is 9.88 Å². The predicted octanol–water partition coefficient (Wildman–Crippen LogP) is 3.04. The van der Waals surface area contributed by atoms with E-state index in [0.29, 0.717) is 19.5 Å². The van der Waals surface area contributed by atoms with Crippen molar-refractivity contribution in [3.8, 4) is 0 Å². The quantitative estimate of drug-likeness (QED) is 0.733. The van der Waals surface area contributed by atoms with Crippen LogP contribution in [-0.4, -0.2) is 34.0 Å². The number of carbonyl (C=O) groups excluding carboxylic acids is 1. The second-order valence-electron chi connectivity index (χ2n) is 6.06. The number of benzene rings is 2. The molecule has 0 atom stereocenters. The minimum atomic E-state index is -0.0361. The Morgan fingerprint density at radius 1 is 1.17 bits per heavy atom. The van der Waals surface area contributed by atoms with Crippen molar-refractivity contribution in [3.05, 3.63) is 71.4 Å². The summed E-state index contributed by atoms with van der Waals surface area (Å²) in [7, 11) is 0. The summed E-state index contributed by atoms with van der Waals surface area (Å²) in [6.07, 6.45) is 2.23. The predicted molar refractivity (Wildman–Crippen MR) is 95.7 cm³/mol. The first-order valence-electron chi connectivity index (χ1n) is 8.16. The van der Waals surface area contributed by atoms with Crippen LogP contribution in [-0.2, 0) is 17.8 Å². The first-order chi connectivity index (χ1) is 11.7. The molecule has 4 heteroatoms. The number of rotatable bonds is 6. The third-order valence-corrected chi connectivity index (χ3v) is 4.20. The molecule has 4 nitrogen and oxygen atoms in total. The molecule has 24 heavy (non-hydrogen) atoms. The number of H-pyrrole nitrogens is 1. The molecule has 1 heterocycles. The lowest BCUT2D eigenvalue weighted by Gasteiger charge is -2.22. The van der Waals surface area contributed by atoms with E-state index in [1.54, 1.807) is 4.90 Å². The number of fused-ring (bicyclic) bond motifs is 1. The Labute approximate surface area is 141 Å². The van der Waals surface area contributed by atoms with Crippen molar-refractivity contribution < 1.29 is 9.90 Å². The van der Waals surface area contributed by atoms with Crippen molar-refractivity contribution >= 4 is 16.8 Å². The van der Waals surface area contributed by atoms with Gasteiger partial charge in [-0.2, -0.15) is 0 Å². The normalized spacial score (nSPS) is 10.9. The van der Waals surface area contributed by atoms with Crippen LogP contribution in [0, 0.1) is 6.92 Å². The van der Waals surface area contributed by atoms with Gasteiger partial charge in [-0.05, 0) is 29.7 Å². The molecular formula is C20H22N2O2. The highest BCUT2D eigenvalue weighted by Crippen LogP contribution is 2.20. The summed E-state index contributed by atoms with van der Waals surface area (Å²) in [4.78, 5) is 17.7. The number of aryl methyl sites for hydroxylation is 1. The zero-order valence-corrected chi connectivity index (χ0v) is 13.8. The molecule has 3 rings (SSSR count). The Morgan fingerprint density at radius 2 is 1.96 bits per heavy atom. The van der Waals surface area contributed by atoms with Crippen LogP contribution in [0.15, 0.2) is 54.7 Å². The lowest BCUT2D eigenvalue weighted by molar-refractivity contribution is -0.131. The molecule has 1 amide bonds. The van der Waals surface area contributed by atoms with Crippen LogP contribution in [0.4, 0.5) is 0 Å². The Hall–Kier alpha value is -2.59. The van der Waals surface area contributed by atoms with Gasteiger partial charge in [-0.3, -0.25) is 4.79 Å². The number of hydrogen-bond acceptors (Lipinski definition) is 2. The van der Waals surface area contributed by atoms with Crippen molar-refractivity contribution in [2.45, 2.75) is 19.9 Å². The molecule has 0 aliphatic carbocycles. The average Bonchev–Trinajstić information content (AvgIpc) is 2.97. The molecule has 3 aromatic rings. The fraction of sp³-hybridized carbons (Fsp3) is 0.250. The van der Waals surface area contributed by atoms with Gasteiger partial charge in [0.25, 0.3) is 0 Å². The SMILES string of the molecule is Cc1ccc2c(CC(=O)N(CCO)Cc3ccccc3)c[nH]c2c1. The minimum Gasteiger partial charge on any atom is -0.395 e. The topological polar surface area (TPSA) is 56.3 Å². The van der Waals surface area contributed by atoms with Crippen LogP contribution in [0.1, 0.15) is 16.7 Å². The van der Waals surface area contributed by atoms with E-state index in [9.17, 15) is 9.90 Å². The first kappa shape index (κ1) is 16.3. The fourth-order valence-corrected chi connectivity index (χ4v) is 2.94. The second-order valence-corrected chi connectivity index (χ2v) is 6.06. The lowest BCUT2D eigenvalue weighted by Crippen LogP contribution is -2.34. The summed E-state index contributed by atoms with van der Waals surface area (Å²) in [6, 6.07) is 16.0. The van der Waals surface area contributed by atoms with Gasteiger partial charge in [0.2, 0.25) is 5.91 Å². The van der Waals surface area contributed by atoms with Gasteiger partial charge in [0.15, 0.2) is 0 Å². The Bertz CT molecular complexity index is 824. The van der Waals surface area contributed by atoms with Gasteiger partial charge in [0, 0.05) is 30.2 Å². The number of aliphatic hydroxyl groups excluding tert-OH is 1. The molecule has 0 saturated heterocycles. The molecule has 0 aliphatic rings. The number of aliphatic hydroxyl groups is 1. The van der Waals surface area contributed by atoms with E-state index in [1.165, 1.54) is 5.56 Å². The molecule has 0 spiro atoms. The summed E-state index contributed by atoms with van der Waals surface area (Å²) < 4.78 is 0. The number of hydrogen-bond donors (Lipinski definition) is 2. The zero-order chi connectivity index (χ0) is 16.9. The van der Waals surface area contributed by atoms with Crippen LogP contribution in [0.3, 0.4) is 0 Å². The van der Waals surface area contributed by atoms with E-state index in [-0.39, 0.29) is 12.5 Å². The van der Waals surface area contributed by atoms with E-state index >= 15 is 0 Å². The smallest absolute Gasteiger partial charge is 0.227 e. The standard InChI is InChI=1S/C20H22N2O2/c1-15-7-8-18-17(13-21-19(18)11-15)12-20(24)22(9-10-23)14-16-5-3-2-4-6-16/h2-8,11,13,21,23H,9-10,12,14H2,1H3. The number of amides is 1. The van der Waals surface area contributed by atoms with E-state index < -0.39 is 0 Å². The molecular weight excluding hydrogens is 300 g/mol. The third-order valence-electron chi connectivity index (χ3n) is 4.20. The number of aromatic nitrogens is 1. The Morgan fingerprint density at radius 3 is 2.71 bits per heavy atom. The van der Waals surface area contributed by atoms with Gasteiger partial charge in [-0.15, -0.1) is 0 Å². The number of carbonyl (C=O) groups is 1. The van der Waals surface area contributed by atoms with Crippen LogP contribution in [0.2, 0.25) is 0 Å². The van der Waals surface area contributed by atoms with Crippen LogP contribution in [0.5, 0.6) is 0 Å². The molecule has 0 fully saturated rings. The summed E-state index contributed by atoms with van der Waals surface area (Å²) in [5, 5.41) is 10.4. The largest absolute Gasteiger partial charge is 0.395 e. The molecule has 124 valence electrons. The van der Waals surface area contributed by atoms with Crippen molar-refractivity contribution in [2.24, 2.45) is 0 Å². The van der Waals surface area contributed by atoms with Crippen molar-refractivity contribution in [2.75, 3.05) is 13.2 Å². The highest BCUT2D eigenvalue weighted by Gasteiger charge is 2.16. The maximum atomic E-state index is 12.7. The highest BCUT2D eigenvalue weighted by molar-refractivity contribution is 5.89. The molecule has 0 unspecified atom stereocenters. The monoisotopic (exact) mass is 322 g/mol. The van der Waals surface area contributed by atoms with Crippen LogP contribution >= 0.6 is 0 Å². The minimum absolute atomic E-state index is 0.0226. The average molecular weight is 322 g/mol. The summed E-state index contributed by atoms with van der Waals surface area (Å²) in [6.45, 7) is 2.87. The van der Waals surface area contributed by atoms with Crippen molar-refractivity contribution in [3.63, 3.8) is 0 Å². The summed E-state index contributed by atoms with van der Waals surface area (Å²) >= 11 is 0. The molecule has 0 radical (unpaired) electrons. The first-order valence-corrected chi connectivity index (χ1v) is 8.16. The molecule has 0 saturated carbocycles. The van der Waals surface area contributed by atoms with Gasteiger partial charge in [0.1, 0.15) is 0 Å². The number of nitrogens with one attached hydrogen (secondary N) is 1. The number of aromatic amines is 1. The van der Waals surface area contributed by atoms with E-state index in [0.717, 1.165) is 22.0 Å². The number of nitrogens with zero attached hydrogens (tertiary/aromatic N) is 1. The molecule has 2 aromatic carbocycles. The Kier molecular flexibility index (Phi) is 4.96. The second kappa shape index (κ2) is 7.32.